The van der Waals surface area contributed by atoms with Gasteiger partial charge in [0.1, 0.15) is 0 Å². The molecule has 0 unspecified atom stereocenters. The third kappa shape index (κ3) is 4.36. The van der Waals surface area contributed by atoms with Crippen molar-refractivity contribution in [1.29, 1.82) is 0 Å². The molecule has 0 bridgehead atoms. The second-order valence-electron chi connectivity index (χ2n) is 5.57. The molecule has 22 heavy (non-hydrogen) atoms. The van der Waals surface area contributed by atoms with Crippen LogP contribution in [0.15, 0.2) is 18.2 Å². The van der Waals surface area contributed by atoms with E-state index in [2.05, 4.69) is 5.32 Å². The van der Waals surface area contributed by atoms with E-state index in [9.17, 15) is 18.0 Å². The lowest BCUT2D eigenvalue weighted by atomic mass is 9.88. The third-order valence-electron chi connectivity index (χ3n) is 3.75. The number of hydrogen-bond donors (Lipinski definition) is 1. The summed E-state index contributed by atoms with van der Waals surface area (Å²) in [6.07, 6.45) is -2.86. The molecule has 1 aliphatic rings. The standard InChI is InChI=1S/C15H19F3N2O.ClH/c1-20(2)14(21)12-7-11(10-3-5-19-6-4-10)8-13(9-12)15(16,17)18;/h7-10,19H,3-6H2,1-2H3;1H. The highest BCUT2D eigenvalue weighted by Crippen LogP contribution is 2.34. The molecular formula is C15H20ClF3N2O. The fraction of sp³-hybridized carbons (Fsp3) is 0.533. The number of halogens is 4. The Morgan fingerprint density at radius 3 is 2.27 bits per heavy atom. The van der Waals surface area contributed by atoms with Gasteiger partial charge in [0.15, 0.2) is 0 Å². The van der Waals surface area contributed by atoms with Gasteiger partial charge in [-0.05, 0) is 55.6 Å². The van der Waals surface area contributed by atoms with E-state index in [-0.39, 0.29) is 23.9 Å². The highest BCUT2D eigenvalue weighted by Gasteiger charge is 2.32. The van der Waals surface area contributed by atoms with E-state index >= 15 is 0 Å². The molecule has 1 saturated heterocycles. The van der Waals surface area contributed by atoms with Crippen LogP contribution in [0.5, 0.6) is 0 Å². The minimum atomic E-state index is -4.44. The van der Waals surface area contributed by atoms with Gasteiger partial charge >= 0.3 is 6.18 Å². The maximum atomic E-state index is 13.0. The van der Waals surface area contributed by atoms with Crippen molar-refractivity contribution in [3.8, 4) is 0 Å². The van der Waals surface area contributed by atoms with Crippen LogP contribution in [0.4, 0.5) is 13.2 Å². The lowest BCUT2D eigenvalue weighted by molar-refractivity contribution is -0.137. The number of hydrogen-bond acceptors (Lipinski definition) is 2. The van der Waals surface area contributed by atoms with E-state index in [0.29, 0.717) is 5.56 Å². The molecule has 0 saturated carbocycles. The highest BCUT2D eigenvalue weighted by molar-refractivity contribution is 5.94. The lowest BCUT2D eigenvalue weighted by Crippen LogP contribution is -2.27. The van der Waals surface area contributed by atoms with Gasteiger partial charge in [0.25, 0.3) is 5.91 Å². The zero-order valence-corrected chi connectivity index (χ0v) is 13.4. The molecule has 3 nitrogen and oxygen atoms in total. The van der Waals surface area contributed by atoms with Crippen LogP contribution in [-0.4, -0.2) is 38.0 Å². The van der Waals surface area contributed by atoms with Gasteiger partial charge in [-0.1, -0.05) is 0 Å². The molecule has 1 N–H and O–H groups in total. The van der Waals surface area contributed by atoms with Gasteiger partial charge < -0.3 is 10.2 Å². The summed E-state index contributed by atoms with van der Waals surface area (Å²) in [4.78, 5) is 13.3. The van der Waals surface area contributed by atoms with Crippen LogP contribution < -0.4 is 5.32 Å². The van der Waals surface area contributed by atoms with E-state index in [1.54, 1.807) is 6.07 Å². The second-order valence-corrected chi connectivity index (χ2v) is 5.57. The number of benzene rings is 1. The summed E-state index contributed by atoms with van der Waals surface area (Å²) in [5, 5.41) is 3.19. The zero-order chi connectivity index (χ0) is 15.6. The summed E-state index contributed by atoms with van der Waals surface area (Å²) in [5.41, 5.74) is -0.0383. The Labute approximate surface area is 134 Å². The van der Waals surface area contributed by atoms with Crippen LogP contribution in [0, 0.1) is 0 Å². The molecule has 0 spiro atoms. The SMILES string of the molecule is CN(C)C(=O)c1cc(C2CCNCC2)cc(C(F)(F)F)c1.Cl. The fourth-order valence-electron chi connectivity index (χ4n) is 2.59. The number of rotatable bonds is 2. The van der Waals surface area contributed by atoms with Crippen LogP contribution in [0.3, 0.4) is 0 Å². The van der Waals surface area contributed by atoms with Gasteiger partial charge in [0.05, 0.1) is 5.56 Å². The lowest BCUT2D eigenvalue weighted by Gasteiger charge is -2.24. The molecule has 0 atom stereocenters. The summed E-state index contributed by atoms with van der Waals surface area (Å²) >= 11 is 0. The molecule has 1 amide bonds. The van der Waals surface area contributed by atoms with Gasteiger partial charge in [-0.25, -0.2) is 0 Å². The van der Waals surface area contributed by atoms with E-state index in [0.717, 1.165) is 32.0 Å². The molecule has 1 fully saturated rings. The van der Waals surface area contributed by atoms with E-state index in [1.807, 2.05) is 0 Å². The highest BCUT2D eigenvalue weighted by atomic mass is 35.5. The van der Waals surface area contributed by atoms with Crippen LogP contribution in [0.25, 0.3) is 0 Å². The quantitative estimate of drug-likeness (QED) is 0.898. The molecule has 2 rings (SSSR count). The molecule has 1 aromatic carbocycles. The Balaban J connectivity index is 0.00000242. The first kappa shape index (κ1) is 18.8. The van der Waals surface area contributed by atoms with Crippen LogP contribution >= 0.6 is 12.4 Å². The summed E-state index contributed by atoms with van der Waals surface area (Å²) in [7, 11) is 3.07. The predicted octanol–water partition coefficient (Wildman–Crippen LogP) is 3.30. The van der Waals surface area contributed by atoms with Crippen molar-refractivity contribution in [1.82, 2.24) is 10.2 Å². The Bertz CT molecular complexity index is 526. The minimum Gasteiger partial charge on any atom is -0.345 e. The fourth-order valence-corrected chi connectivity index (χ4v) is 2.59. The van der Waals surface area contributed by atoms with E-state index in [1.165, 1.54) is 25.1 Å². The minimum absolute atomic E-state index is 0. The molecule has 1 heterocycles. The maximum absolute atomic E-state index is 13.0. The Kier molecular flexibility index (Phi) is 6.26. The van der Waals surface area contributed by atoms with Crippen molar-refractivity contribution < 1.29 is 18.0 Å². The summed E-state index contributed by atoms with van der Waals surface area (Å²) in [6.45, 7) is 1.58. The Morgan fingerprint density at radius 2 is 1.77 bits per heavy atom. The van der Waals surface area contributed by atoms with Crippen molar-refractivity contribution in [2.24, 2.45) is 0 Å². The summed E-state index contributed by atoms with van der Waals surface area (Å²) in [5.74, 6) is -0.335. The zero-order valence-electron chi connectivity index (χ0n) is 12.5. The molecule has 0 aromatic heterocycles. The first-order valence-corrected chi connectivity index (χ1v) is 6.93. The average Bonchev–Trinajstić information content (AvgIpc) is 2.46. The number of amides is 1. The van der Waals surface area contributed by atoms with Gasteiger partial charge in [-0.2, -0.15) is 13.2 Å². The molecule has 0 aliphatic carbocycles. The molecule has 1 aromatic rings. The summed E-state index contributed by atoms with van der Waals surface area (Å²) in [6, 6.07) is 3.73. The number of piperidine rings is 1. The Hall–Kier alpha value is -1.27. The molecule has 0 radical (unpaired) electrons. The largest absolute Gasteiger partial charge is 0.416 e. The van der Waals surface area contributed by atoms with Crippen molar-refractivity contribution >= 4 is 18.3 Å². The number of carbonyl (C=O) groups excluding carboxylic acids is 1. The first-order chi connectivity index (χ1) is 9.79. The number of nitrogens with one attached hydrogen (secondary N) is 1. The van der Waals surface area contributed by atoms with Gasteiger partial charge in [0.2, 0.25) is 0 Å². The average molecular weight is 337 g/mol. The topological polar surface area (TPSA) is 32.3 Å². The van der Waals surface area contributed by atoms with Crippen LogP contribution in [-0.2, 0) is 6.18 Å². The van der Waals surface area contributed by atoms with Gasteiger partial charge in [-0.15, -0.1) is 12.4 Å². The molecular weight excluding hydrogens is 317 g/mol. The third-order valence-corrected chi connectivity index (χ3v) is 3.75. The van der Waals surface area contributed by atoms with E-state index in [4.69, 9.17) is 0 Å². The number of carbonyl (C=O) groups is 1. The van der Waals surface area contributed by atoms with Crippen molar-refractivity contribution in [3.05, 3.63) is 34.9 Å². The molecule has 7 heteroatoms. The monoisotopic (exact) mass is 336 g/mol. The van der Waals surface area contributed by atoms with Crippen molar-refractivity contribution in [2.75, 3.05) is 27.2 Å². The summed E-state index contributed by atoms with van der Waals surface area (Å²) < 4.78 is 39.1. The maximum Gasteiger partial charge on any atom is 0.416 e. The van der Waals surface area contributed by atoms with Crippen molar-refractivity contribution in [2.45, 2.75) is 24.9 Å². The van der Waals surface area contributed by atoms with Gasteiger partial charge in [0, 0.05) is 19.7 Å². The van der Waals surface area contributed by atoms with Crippen LogP contribution in [0.1, 0.15) is 40.2 Å². The van der Waals surface area contributed by atoms with Crippen molar-refractivity contribution in [3.63, 3.8) is 0 Å². The van der Waals surface area contributed by atoms with Gasteiger partial charge in [-0.3, -0.25) is 4.79 Å². The number of nitrogens with zero attached hydrogens (tertiary/aromatic N) is 1. The normalized spacial score (nSPS) is 16.0. The Morgan fingerprint density at radius 1 is 1.18 bits per heavy atom. The van der Waals surface area contributed by atoms with E-state index < -0.39 is 17.6 Å². The first-order valence-electron chi connectivity index (χ1n) is 6.93. The predicted molar refractivity (Wildman–Crippen MR) is 81.6 cm³/mol. The number of alkyl halides is 3. The smallest absolute Gasteiger partial charge is 0.345 e. The second kappa shape index (κ2) is 7.33. The molecule has 124 valence electrons. The van der Waals surface area contributed by atoms with Crippen LogP contribution in [0.2, 0.25) is 0 Å². The molecule has 1 aliphatic heterocycles.